The Balaban J connectivity index is 1.34. The van der Waals surface area contributed by atoms with Crippen molar-refractivity contribution >= 4 is 35.1 Å². The lowest BCUT2D eigenvalue weighted by atomic mass is 10.0. The summed E-state index contributed by atoms with van der Waals surface area (Å²) in [5, 5.41) is 0.981. The highest BCUT2D eigenvalue weighted by molar-refractivity contribution is 6.42. The second-order valence-electron chi connectivity index (χ2n) is 8.03. The summed E-state index contributed by atoms with van der Waals surface area (Å²) in [7, 11) is 0. The summed E-state index contributed by atoms with van der Waals surface area (Å²) in [4.78, 5) is 12.9. The van der Waals surface area contributed by atoms with E-state index in [4.69, 9.17) is 32.7 Å². The minimum absolute atomic E-state index is 0.138. The van der Waals surface area contributed by atoms with Gasteiger partial charge >= 0.3 is 0 Å². The van der Waals surface area contributed by atoms with Crippen molar-refractivity contribution in [3.63, 3.8) is 0 Å². The quantitative estimate of drug-likeness (QED) is 0.267. The molecule has 0 saturated heterocycles. The number of fused-ring (bicyclic) bond motifs is 1. The molecule has 3 nitrogen and oxygen atoms in total. The molecule has 0 saturated carbocycles. The fourth-order valence-electron chi connectivity index (χ4n) is 3.87. The first-order chi connectivity index (χ1) is 16.5. The fraction of sp³-hybridized carbons (Fsp3) is 0.0690. The van der Waals surface area contributed by atoms with Gasteiger partial charge < -0.3 is 9.47 Å². The largest absolute Gasteiger partial charge is 0.488 e. The molecule has 4 aromatic rings. The normalized spacial score (nSPS) is 13.6. The first-order valence-corrected chi connectivity index (χ1v) is 11.6. The average Bonchev–Trinajstić information content (AvgIpc) is 3.18. The summed E-state index contributed by atoms with van der Waals surface area (Å²) in [5.74, 6) is 1.34. The summed E-state index contributed by atoms with van der Waals surface area (Å²) >= 11 is 12.1. The monoisotopic (exact) mass is 486 g/mol. The van der Waals surface area contributed by atoms with Gasteiger partial charge in [0.05, 0.1) is 15.6 Å². The van der Waals surface area contributed by atoms with Crippen molar-refractivity contribution in [1.29, 1.82) is 0 Å². The summed E-state index contributed by atoms with van der Waals surface area (Å²) in [6.07, 6.45) is 1.77. The SMILES string of the molecule is Cc1c(OCc2ccc(Cl)c(Cl)c2)ccc2c1O/C(=C\c1ccc(-c3ccccc3)cc1)C2=O. The van der Waals surface area contributed by atoms with E-state index in [0.29, 0.717) is 39.5 Å². The molecule has 4 aromatic carbocycles. The van der Waals surface area contributed by atoms with Gasteiger partial charge in [0.1, 0.15) is 18.1 Å². The Bertz CT molecular complexity index is 1410. The number of hydrogen-bond donors (Lipinski definition) is 0. The van der Waals surface area contributed by atoms with E-state index in [1.165, 1.54) is 0 Å². The highest BCUT2D eigenvalue weighted by Crippen LogP contribution is 2.39. The third-order valence-electron chi connectivity index (χ3n) is 5.73. The number of ketones is 1. The molecule has 1 heterocycles. The van der Waals surface area contributed by atoms with Gasteiger partial charge in [0.2, 0.25) is 5.78 Å². The predicted molar refractivity (Wildman–Crippen MR) is 137 cm³/mol. The van der Waals surface area contributed by atoms with E-state index >= 15 is 0 Å². The number of halogens is 2. The second-order valence-corrected chi connectivity index (χ2v) is 8.84. The maximum absolute atomic E-state index is 12.9. The Morgan fingerprint density at radius 3 is 2.32 bits per heavy atom. The van der Waals surface area contributed by atoms with Crippen molar-refractivity contribution < 1.29 is 14.3 Å². The molecule has 0 unspecified atom stereocenters. The van der Waals surface area contributed by atoms with Gasteiger partial charge in [-0.1, -0.05) is 83.9 Å². The highest BCUT2D eigenvalue weighted by Gasteiger charge is 2.30. The van der Waals surface area contributed by atoms with Crippen LogP contribution in [0.1, 0.15) is 27.0 Å². The molecule has 0 amide bonds. The van der Waals surface area contributed by atoms with Crippen LogP contribution in [0.3, 0.4) is 0 Å². The van der Waals surface area contributed by atoms with Gasteiger partial charge in [-0.25, -0.2) is 0 Å². The van der Waals surface area contributed by atoms with Crippen molar-refractivity contribution in [2.24, 2.45) is 0 Å². The minimum Gasteiger partial charge on any atom is -0.488 e. The zero-order valence-electron chi connectivity index (χ0n) is 18.3. The summed E-state index contributed by atoms with van der Waals surface area (Å²) in [6, 6.07) is 27.1. The number of ether oxygens (including phenoxy) is 2. The van der Waals surface area contributed by atoms with E-state index in [-0.39, 0.29) is 5.78 Å². The molecule has 5 rings (SSSR count). The average molecular weight is 487 g/mol. The molecule has 34 heavy (non-hydrogen) atoms. The van der Waals surface area contributed by atoms with Gasteiger partial charge in [-0.15, -0.1) is 0 Å². The van der Waals surface area contributed by atoms with Crippen LogP contribution < -0.4 is 9.47 Å². The van der Waals surface area contributed by atoms with E-state index in [0.717, 1.165) is 27.8 Å². The van der Waals surface area contributed by atoms with Gasteiger partial charge in [-0.2, -0.15) is 0 Å². The van der Waals surface area contributed by atoms with Gasteiger partial charge in [0.15, 0.2) is 5.76 Å². The lowest BCUT2D eigenvalue weighted by Crippen LogP contribution is -1.98. The van der Waals surface area contributed by atoms with Crippen LogP contribution in [-0.2, 0) is 6.61 Å². The highest BCUT2D eigenvalue weighted by atomic mass is 35.5. The van der Waals surface area contributed by atoms with Crippen molar-refractivity contribution in [1.82, 2.24) is 0 Å². The van der Waals surface area contributed by atoms with Gasteiger partial charge in [-0.3, -0.25) is 4.79 Å². The molecule has 5 heteroatoms. The Morgan fingerprint density at radius 1 is 0.853 bits per heavy atom. The smallest absolute Gasteiger partial charge is 0.231 e. The van der Waals surface area contributed by atoms with Gasteiger partial charge in [0.25, 0.3) is 0 Å². The molecule has 1 aliphatic rings. The number of benzene rings is 4. The maximum atomic E-state index is 12.9. The van der Waals surface area contributed by atoms with Crippen molar-refractivity contribution in [2.75, 3.05) is 0 Å². The van der Waals surface area contributed by atoms with Gasteiger partial charge in [-0.05, 0) is 59.5 Å². The summed E-state index contributed by atoms with van der Waals surface area (Å²) in [6.45, 7) is 2.20. The molecule has 1 aliphatic heterocycles. The Kier molecular flexibility index (Phi) is 6.14. The van der Waals surface area contributed by atoms with E-state index in [1.807, 2.05) is 55.5 Å². The molecule has 0 atom stereocenters. The number of allylic oxidation sites excluding steroid dienone is 1. The van der Waals surface area contributed by atoms with Crippen LogP contribution in [-0.4, -0.2) is 5.78 Å². The standard InChI is InChI=1S/C29H20Cl2O3/c1-18-26(33-17-20-9-13-24(30)25(31)15-20)14-12-23-28(32)27(34-29(18)23)16-19-7-10-22(11-8-19)21-5-3-2-4-6-21/h2-16H,17H2,1H3/b27-16-. The van der Waals surface area contributed by atoms with Crippen LogP contribution >= 0.6 is 23.2 Å². The molecule has 0 spiro atoms. The van der Waals surface area contributed by atoms with Crippen LogP contribution in [0.2, 0.25) is 10.0 Å². The van der Waals surface area contributed by atoms with E-state index in [9.17, 15) is 4.79 Å². The van der Waals surface area contributed by atoms with Crippen LogP contribution in [0.25, 0.3) is 17.2 Å². The van der Waals surface area contributed by atoms with Crippen molar-refractivity contribution in [3.8, 4) is 22.6 Å². The second kappa shape index (κ2) is 9.38. The molecule has 0 N–H and O–H groups in total. The first kappa shape index (κ1) is 22.3. The maximum Gasteiger partial charge on any atom is 0.231 e. The molecule has 0 fully saturated rings. The van der Waals surface area contributed by atoms with Crippen molar-refractivity contribution in [2.45, 2.75) is 13.5 Å². The third-order valence-corrected chi connectivity index (χ3v) is 6.47. The molecule has 0 radical (unpaired) electrons. The van der Waals surface area contributed by atoms with Crippen LogP contribution in [0.5, 0.6) is 11.5 Å². The third kappa shape index (κ3) is 4.45. The Labute approximate surface area is 208 Å². The number of rotatable bonds is 5. The molecular weight excluding hydrogens is 467 g/mol. The molecule has 0 bridgehead atoms. The van der Waals surface area contributed by atoms with E-state index < -0.39 is 0 Å². The van der Waals surface area contributed by atoms with Gasteiger partial charge in [0, 0.05) is 5.56 Å². The number of carbonyl (C=O) groups is 1. The van der Waals surface area contributed by atoms with Crippen LogP contribution in [0, 0.1) is 6.92 Å². The molecular formula is C29H20Cl2O3. The molecule has 168 valence electrons. The lowest BCUT2D eigenvalue weighted by Gasteiger charge is -2.12. The number of Topliss-reactive ketones (excluding diaryl/α,β-unsaturated/α-hetero) is 1. The van der Waals surface area contributed by atoms with Crippen LogP contribution in [0.4, 0.5) is 0 Å². The summed E-state index contributed by atoms with van der Waals surface area (Å²) < 4.78 is 12.0. The first-order valence-electron chi connectivity index (χ1n) is 10.8. The molecule has 0 aliphatic carbocycles. The van der Waals surface area contributed by atoms with Crippen LogP contribution in [0.15, 0.2) is 90.7 Å². The van der Waals surface area contributed by atoms with E-state index in [2.05, 4.69) is 12.1 Å². The number of carbonyl (C=O) groups excluding carboxylic acids is 1. The number of hydrogen-bond acceptors (Lipinski definition) is 3. The summed E-state index contributed by atoms with van der Waals surface area (Å²) in [5.41, 5.74) is 5.35. The minimum atomic E-state index is -0.138. The molecule has 0 aromatic heterocycles. The van der Waals surface area contributed by atoms with Crippen molar-refractivity contribution in [3.05, 3.63) is 123 Å². The zero-order chi connectivity index (χ0) is 23.7. The Morgan fingerprint density at radius 2 is 1.59 bits per heavy atom. The topological polar surface area (TPSA) is 35.5 Å². The zero-order valence-corrected chi connectivity index (χ0v) is 19.9. The fourth-order valence-corrected chi connectivity index (χ4v) is 4.19. The lowest BCUT2D eigenvalue weighted by molar-refractivity contribution is 0.101. The van der Waals surface area contributed by atoms with E-state index in [1.54, 1.807) is 30.3 Å². The predicted octanol–water partition coefficient (Wildman–Crippen LogP) is 8.16. The Hall–Kier alpha value is -3.53.